The molecular weight excluding hydrogens is 345 g/mol. The van der Waals surface area contributed by atoms with E-state index < -0.39 is 0 Å². The van der Waals surface area contributed by atoms with Crippen molar-refractivity contribution in [2.75, 3.05) is 13.6 Å². The average Bonchev–Trinajstić information content (AvgIpc) is 3.25. The Morgan fingerprint density at radius 3 is 2.81 bits per heavy atom. The van der Waals surface area contributed by atoms with Crippen LogP contribution in [0.15, 0.2) is 40.0 Å². The predicted octanol–water partition coefficient (Wildman–Crippen LogP) is 3.50. The molecule has 6 nitrogen and oxygen atoms in total. The number of hydrogen-bond donors (Lipinski definition) is 3. The Morgan fingerprint density at radius 2 is 2.11 bits per heavy atom. The molecule has 7 heteroatoms. The van der Waals surface area contributed by atoms with Gasteiger partial charge >= 0.3 is 0 Å². The summed E-state index contributed by atoms with van der Waals surface area (Å²) in [7, 11) is 1.71. The van der Waals surface area contributed by atoms with Crippen molar-refractivity contribution >= 4 is 16.9 Å². The third kappa shape index (κ3) is 4.67. The molecule has 0 atom stereocenters. The van der Waals surface area contributed by atoms with Crippen LogP contribution in [0.3, 0.4) is 0 Å². The molecule has 0 aliphatic rings. The maximum Gasteiger partial charge on any atom is 0.213 e. The van der Waals surface area contributed by atoms with Crippen LogP contribution in [0, 0.1) is 5.82 Å². The highest BCUT2D eigenvalue weighted by Gasteiger charge is 2.19. The number of benzene rings is 1. The van der Waals surface area contributed by atoms with Gasteiger partial charge in [-0.1, -0.05) is 20.8 Å². The number of aromatic nitrogens is 2. The molecule has 0 saturated carbocycles. The van der Waals surface area contributed by atoms with Crippen LogP contribution < -0.4 is 10.6 Å². The molecule has 27 heavy (non-hydrogen) atoms. The Morgan fingerprint density at radius 1 is 1.30 bits per heavy atom. The lowest BCUT2D eigenvalue weighted by Crippen LogP contribution is -2.37. The van der Waals surface area contributed by atoms with E-state index in [1.54, 1.807) is 25.4 Å². The van der Waals surface area contributed by atoms with Gasteiger partial charge in [-0.25, -0.2) is 9.37 Å². The number of guanidine groups is 1. The van der Waals surface area contributed by atoms with Gasteiger partial charge in [0.1, 0.15) is 11.6 Å². The fourth-order valence-electron chi connectivity index (χ4n) is 2.79. The second kappa shape index (κ2) is 7.82. The number of H-pyrrole nitrogens is 1. The van der Waals surface area contributed by atoms with Crippen molar-refractivity contribution in [3.05, 3.63) is 53.6 Å². The number of aliphatic imine (C=N–C) groups is 1. The maximum atomic E-state index is 13.5. The molecule has 0 fully saturated rings. The van der Waals surface area contributed by atoms with Crippen LogP contribution in [0.1, 0.15) is 38.0 Å². The van der Waals surface area contributed by atoms with Gasteiger partial charge in [0.15, 0.2) is 5.96 Å². The average molecular weight is 371 g/mol. The van der Waals surface area contributed by atoms with Crippen molar-refractivity contribution in [2.24, 2.45) is 4.99 Å². The molecule has 3 aromatic rings. The lowest BCUT2D eigenvalue weighted by Gasteiger charge is -2.13. The van der Waals surface area contributed by atoms with Gasteiger partial charge in [0, 0.05) is 36.1 Å². The van der Waals surface area contributed by atoms with Crippen molar-refractivity contribution in [3.63, 3.8) is 0 Å². The Labute approximate surface area is 158 Å². The zero-order valence-electron chi connectivity index (χ0n) is 16.2. The van der Waals surface area contributed by atoms with Crippen LogP contribution in [0.2, 0.25) is 0 Å². The van der Waals surface area contributed by atoms with Crippen molar-refractivity contribution in [1.29, 1.82) is 0 Å². The highest BCUT2D eigenvalue weighted by molar-refractivity contribution is 5.83. The molecular formula is C20H26FN5O. The molecule has 0 amide bonds. The van der Waals surface area contributed by atoms with Crippen LogP contribution >= 0.6 is 0 Å². The number of nitrogens with one attached hydrogen (secondary N) is 3. The fraction of sp³-hybridized carbons (Fsp3) is 0.400. The molecule has 0 bridgehead atoms. The minimum absolute atomic E-state index is 0.0655. The molecule has 0 radical (unpaired) electrons. The summed E-state index contributed by atoms with van der Waals surface area (Å²) in [6.07, 6.45) is 4.43. The molecule has 0 spiro atoms. The van der Waals surface area contributed by atoms with Gasteiger partial charge in [0.05, 0.1) is 12.7 Å². The molecule has 2 aromatic heterocycles. The lowest BCUT2D eigenvalue weighted by molar-refractivity contribution is 0.379. The Hall–Kier alpha value is -2.83. The zero-order chi connectivity index (χ0) is 19.4. The maximum absolute atomic E-state index is 13.5. The van der Waals surface area contributed by atoms with Crippen molar-refractivity contribution < 1.29 is 8.81 Å². The second-order valence-corrected chi connectivity index (χ2v) is 7.47. The van der Waals surface area contributed by atoms with E-state index >= 15 is 0 Å². The second-order valence-electron chi connectivity index (χ2n) is 7.47. The van der Waals surface area contributed by atoms with Crippen LogP contribution in [0.5, 0.6) is 0 Å². The first-order valence-electron chi connectivity index (χ1n) is 9.02. The molecule has 0 aliphatic heterocycles. The van der Waals surface area contributed by atoms with E-state index in [-0.39, 0.29) is 11.2 Å². The van der Waals surface area contributed by atoms with E-state index in [2.05, 4.69) is 46.4 Å². The molecule has 3 rings (SSSR count). The predicted molar refractivity (Wildman–Crippen MR) is 105 cm³/mol. The lowest BCUT2D eigenvalue weighted by atomic mass is 9.94. The number of oxazole rings is 1. The Balaban J connectivity index is 1.52. The summed E-state index contributed by atoms with van der Waals surface area (Å²) in [5, 5.41) is 7.36. The summed E-state index contributed by atoms with van der Waals surface area (Å²) in [4.78, 5) is 11.7. The van der Waals surface area contributed by atoms with E-state index in [1.165, 1.54) is 6.07 Å². The summed E-state index contributed by atoms with van der Waals surface area (Å²) in [6.45, 7) is 7.38. The number of hydrogen-bond acceptors (Lipinski definition) is 3. The van der Waals surface area contributed by atoms with Gasteiger partial charge in [0.25, 0.3) is 0 Å². The van der Waals surface area contributed by atoms with Crippen LogP contribution in [0.25, 0.3) is 10.9 Å². The number of aromatic amines is 1. The Kier molecular flexibility index (Phi) is 5.48. The standard InChI is InChI=1S/C20H26FN5O/c1-20(2,3)17-11-25-18(27-17)12-26-19(22-4)23-8-7-13-10-24-16-6-5-14(21)9-15(13)16/h5-6,9-11,24H,7-8,12H2,1-4H3,(H2,22,23,26). The summed E-state index contributed by atoms with van der Waals surface area (Å²) in [6, 6.07) is 4.77. The van der Waals surface area contributed by atoms with Gasteiger partial charge in [-0.15, -0.1) is 0 Å². The third-order valence-corrected chi connectivity index (χ3v) is 4.34. The van der Waals surface area contributed by atoms with E-state index in [0.717, 1.165) is 28.6 Å². The number of rotatable bonds is 5. The quantitative estimate of drug-likeness (QED) is 0.474. The molecule has 2 heterocycles. The number of halogens is 1. The summed E-state index contributed by atoms with van der Waals surface area (Å²) >= 11 is 0. The minimum atomic E-state index is -0.227. The van der Waals surface area contributed by atoms with Gasteiger partial charge in [-0.05, 0) is 30.2 Å². The largest absolute Gasteiger partial charge is 0.443 e. The third-order valence-electron chi connectivity index (χ3n) is 4.34. The first-order chi connectivity index (χ1) is 12.9. The highest BCUT2D eigenvalue weighted by Crippen LogP contribution is 2.22. The molecule has 0 unspecified atom stereocenters. The summed E-state index contributed by atoms with van der Waals surface area (Å²) in [5.74, 6) is 1.91. The number of fused-ring (bicyclic) bond motifs is 1. The molecule has 144 valence electrons. The topological polar surface area (TPSA) is 78.2 Å². The van der Waals surface area contributed by atoms with Crippen molar-refractivity contribution in [2.45, 2.75) is 39.2 Å². The molecule has 0 saturated heterocycles. The van der Waals surface area contributed by atoms with Crippen LogP contribution in [-0.2, 0) is 18.4 Å². The van der Waals surface area contributed by atoms with Crippen molar-refractivity contribution in [1.82, 2.24) is 20.6 Å². The highest BCUT2D eigenvalue weighted by atomic mass is 19.1. The van der Waals surface area contributed by atoms with E-state index in [0.29, 0.717) is 24.9 Å². The van der Waals surface area contributed by atoms with E-state index in [4.69, 9.17) is 4.42 Å². The fourth-order valence-corrected chi connectivity index (χ4v) is 2.79. The van der Waals surface area contributed by atoms with Gasteiger partial charge in [-0.2, -0.15) is 0 Å². The van der Waals surface area contributed by atoms with E-state index in [1.807, 2.05) is 6.20 Å². The van der Waals surface area contributed by atoms with Crippen molar-refractivity contribution in [3.8, 4) is 0 Å². The molecule has 3 N–H and O–H groups in total. The first kappa shape index (κ1) is 18.9. The van der Waals surface area contributed by atoms with Gasteiger partial charge in [-0.3, -0.25) is 4.99 Å². The summed E-state index contributed by atoms with van der Waals surface area (Å²) in [5.41, 5.74) is 1.94. The van der Waals surface area contributed by atoms with Crippen LogP contribution in [-0.4, -0.2) is 29.5 Å². The zero-order valence-corrected chi connectivity index (χ0v) is 16.2. The minimum Gasteiger partial charge on any atom is -0.443 e. The van der Waals surface area contributed by atoms with Crippen LogP contribution in [0.4, 0.5) is 4.39 Å². The molecule has 0 aliphatic carbocycles. The van der Waals surface area contributed by atoms with Gasteiger partial charge in [0.2, 0.25) is 5.89 Å². The summed E-state index contributed by atoms with van der Waals surface area (Å²) < 4.78 is 19.2. The van der Waals surface area contributed by atoms with E-state index in [9.17, 15) is 4.39 Å². The molecule has 1 aromatic carbocycles. The Bertz CT molecular complexity index is 935. The SMILES string of the molecule is CN=C(NCCc1c[nH]c2ccc(F)cc12)NCc1ncc(C(C)(C)C)o1. The smallest absolute Gasteiger partial charge is 0.213 e. The van der Waals surface area contributed by atoms with Gasteiger partial charge < -0.3 is 20.0 Å². The first-order valence-corrected chi connectivity index (χ1v) is 9.02. The monoisotopic (exact) mass is 371 g/mol. The normalized spacial score (nSPS) is 12.6. The number of nitrogens with zero attached hydrogens (tertiary/aromatic N) is 2.